The van der Waals surface area contributed by atoms with Crippen molar-refractivity contribution in [3.63, 3.8) is 0 Å². The minimum atomic E-state index is -4.40. The molecule has 0 unspecified atom stereocenters. The van der Waals surface area contributed by atoms with Crippen molar-refractivity contribution < 1.29 is 18.0 Å². The third-order valence-electron chi connectivity index (χ3n) is 4.24. The highest BCUT2D eigenvalue weighted by Gasteiger charge is 2.30. The number of nitrogens with one attached hydrogen (secondary N) is 1. The van der Waals surface area contributed by atoms with Gasteiger partial charge in [-0.3, -0.25) is 4.79 Å². The van der Waals surface area contributed by atoms with Crippen LogP contribution in [-0.4, -0.2) is 16.7 Å². The second-order valence-corrected chi connectivity index (χ2v) is 7.09. The Morgan fingerprint density at radius 2 is 2.04 bits per heavy atom. The molecule has 0 aliphatic carbocycles. The summed E-state index contributed by atoms with van der Waals surface area (Å²) in [4.78, 5) is 11.9. The Morgan fingerprint density at radius 1 is 1.25 bits per heavy atom. The molecule has 2 aromatic heterocycles. The molecule has 0 atom stereocenters. The van der Waals surface area contributed by atoms with Crippen LogP contribution in [0.25, 0.3) is 5.69 Å². The zero-order valence-electron chi connectivity index (χ0n) is 15.2. The molecule has 28 heavy (non-hydrogen) atoms. The minimum Gasteiger partial charge on any atom is -0.318 e. The SMILES string of the molecule is Cc1cc(C=NNC(=O)Cc2ccsc2)c(C)n1-c1cccc(C(F)(F)F)c1. The summed E-state index contributed by atoms with van der Waals surface area (Å²) in [5.74, 6) is -0.235. The molecule has 1 amide bonds. The molecule has 2 heterocycles. The zero-order chi connectivity index (χ0) is 20.3. The lowest BCUT2D eigenvalue weighted by Crippen LogP contribution is -2.19. The highest BCUT2D eigenvalue weighted by molar-refractivity contribution is 7.08. The number of alkyl halides is 3. The van der Waals surface area contributed by atoms with E-state index in [1.807, 2.05) is 22.9 Å². The summed E-state index contributed by atoms with van der Waals surface area (Å²) in [6.45, 7) is 3.60. The average Bonchev–Trinajstić information content (AvgIpc) is 3.22. The maximum absolute atomic E-state index is 13.0. The average molecular weight is 405 g/mol. The summed E-state index contributed by atoms with van der Waals surface area (Å²) in [6.07, 6.45) is -2.66. The van der Waals surface area contributed by atoms with E-state index in [4.69, 9.17) is 0 Å². The second-order valence-electron chi connectivity index (χ2n) is 6.31. The topological polar surface area (TPSA) is 46.4 Å². The monoisotopic (exact) mass is 405 g/mol. The van der Waals surface area contributed by atoms with Crippen LogP contribution in [0, 0.1) is 13.8 Å². The van der Waals surface area contributed by atoms with Gasteiger partial charge < -0.3 is 4.57 Å². The first-order valence-electron chi connectivity index (χ1n) is 8.45. The highest BCUT2D eigenvalue weighted by atomic mass is 32.1. The van der Waals surface area contributed by atoms with Gasteiger partial charge in [-0.05, 0) is 60.5 Å². The Labute approximate surface area is 164 Å². The van der Waals surface area contributed by atoms with E-state index in [-0.39, 0.29) is 12.3 Å². The van der Waals surface area contributed by atoms with Crippen LogP contribution in [0.3, 0.4) is 0 Å². The summed E-state index contributed by atoms with van der Waals surface area (Å²) in [5, 5.41) is 7.77. The number of thiophene rings is 1. The smallest absolute Gasteiger partial charge is 0.318 e. The molecule has 0 spiro atoms. The zero-order valence-corrected chi connectivity index (χ0v) is 16.1. The number of carbonyl (C=O) groups excluding carboxylic acids is 1. The Hall–Kier alpha value is -2.87. The first-order chi connectivity index (χ1) is 13.3. The number of halogens is 3. The second kappa shape index (κ2) is 8.02. The molecule has 3 rings (SSSR count). The number of hydrazone groups is 1. The van der Waals surface area contributed by atoms with Crippen LogP contribution in [-0.2, 0) is 17.4 Å². The maximum atomic E-state index is 13.0. The van der Waals surface area contributed by atoms with Crippen molar-refractivity contribution in [3.05, 3.63) is 75.2 Å². The number of hydrogen-bond acceptors (Lipinski definition) is 3. The van der Waals surface area contributed by atoms with Crippen molar-refractivity contribution in [2.75, 3.05) is 0 Å². The number of aryl methyl sites for hydroxylation is 1. The van der Waals surface area contributed by atoms with Gasteiger partial charge in [-0.1, -0.05) is 6.07 Å². The van der Waals surface area contributed by atoms with Gasteiger partial charge in [0.2, 0.25) is 5.91 Å². The van der Waals surface area contributed by atoms with Gasteiger partial charge in [0, 0.05) is 22.6 Å². The molecule has 4 nitrogen and oxygen atoms in total. The highest BCUT2D eigenvalue weighted by Crippen LogP contribution is 2.31. The lowest BCUT2D eigenvalue weighted by atomic mass is 10.2. The quantitative estimate of drug-likeness (QED) is 0.478. The van der Waals surface area contributed by atoms with E-state index in [2.05, 4.69) is 10.5 Å². The standard InChI is InChI=1S/C20H18F3N3OS/c1-13-8-16(11-24-25-19(27)9-15-6-7-28-12-15)14(2)26(13)18-5-3-4-17(10-18)20(21,22)23/h3-8,10-12H,9H2,1-2H3,(H,25,27). The van der Waals surface area contributed by atoms with Crippen LogP contribution in [0.1, 0.15) is 28.1 Å². The fourth-order valence-corrected chi connectivity index (χ4v) is 3.60. The van der Waals surface area contributed by atoms with E-state index in [1.165, 1.54) is 23.6 Å². The Kier molecular flexibility index (Phi) is 5.69. The number of benzene rings is 1. The van der Waals surface area contributed by atoms with Gasteiger partial charge in [-0.15, -0.1) is 0 Å². The molecule has 1 N–H and O–H groups in total. The van der Waals surface area contributed by atoms with Crippen LogP contribution < -0.4 is 5.43 Å². The molecule has 0 saturated carbocycles. The normalized spacial score (nSPS) is 11.9. The number of amides is 1. The van der Waals surface area contributed by atoms with Crippen molar-refractivity contribution >= 4 is 23.5 Å². The van der Waals surface area contributed by atoms with E-state index in [0.717, 1.165) is 29.1 Å². The summed E-state index contributed by atoms with van der Waals surface area (Å²) in [6, 6.07) is 8.85. The number of hydrogen-bond donors (Lipinski definition) is 1. The fourth-order valence-electron chi connectivity index (χ4n) is 2.93. The van der Waals surface area contributed by atoms with Crippen LogP contribution in [0.15, 0.2) is 52.3 Å². The number of rotatable bonds is 5. The first-order valence-corrected chi connectivity index (χ1v) is 9.39. The van der Waals surface area contributed by atoms with Gasteiger partial charge in [-0.2, -0.15) is 29.6 Å². The van der Waals surface area contributed by atoms with E-state index < -0.39 is 11.7 Å². The molecule has 146 valence electrons. The van der Waals surface area contributed by atoms with Crippen molar-refractivity contribution in [1.29, 1.82) is 0 Å². The van der Waals surface area contributed by atoms with Crippen LogP contribution in [0.5, 0.6) is 0 Å². The Balaban J connectivity index is 1.78. The van der Waals surface area contributed by atoms with E-state index in [9.17, 15) is 18.0 Å². The van der Waals surface area contributed by atoms with Crippen LogP contribution in [0.2, 0.25) is 0 Å². The minimum absolute atomic E-state index is 0.235. The van der Waals surface area contributed by atoms with E-state index in [1.54, 1.807) is 24.5 Å². The summed E-state index contributed by atoms with van der Waals surface area (Å²) in [5.41, 5.74) is 5.32. The molecule has 3 aromatic rings. The Bertz CT molecular complexity index is 1000. The molecule has 0 fully saturated rings. The summed E-state index contributed by atoms with van der Waals surface area (Å²) in [7, 11) is 0. The summed E-state index contributed by atoms with van der Waals surface area (Å²) >= 11 is 1.52. The molecule has 0 saturated heterocycles. The number of aromatic nitrogens is 1. The first kappa shape index (κ1) is 19.9. The maximum Gasteiger partial charge on any atom is 0.416 e. The number of nitrogens with zero attached hydrogens (tertiary/aromatic N) is 2. The molecular weight excluding hydrogens is 387 g/mol. The lowest BCUT2D eigenvalue weighted by Gasteiger charge is -2.13. The van der Waals surface area contributed by atoms with Crippen LogP contribution in [0.4, 0.5) is 13.2 Å². The van der Waals surface area contributed by atoms with Gasteiger partial charge >= 0.3 is 6.18 Å². The predicted octanol–water partition coefficient (Wildman–Crippen LogP) is 4.87. The molecular formula is C20H18F3N3OS. The lowest BCUT2D eigenvalue weighted by molar-refractivity contribution is -0.137. The van der Waals surface area contributed by atoms with Gasteiger partial charge in [-0.25, -0.2) is 5.43 Å². The van der Waals surface area contributed by atoms with Crippen molar-refractivity contribution in [1.82, 2.24) is 9.99 Å². The van der Waals surface area contributed by atoms with Crippen LogP contribution >= 0.6 is 11.3 Å². The van der Waals surface area contributed by atoms with Gasteiger partial charge in [0.15, 0.2) is 0 Å². The largest absolute Gasteiger partial charge is 0.416 e. The van der Waals surface area contributed by atoms with Gasteiger partial charge in [0.25, 0.3) is 0 Å². The Morgan fingerprint density at radius 3 is 2.71 bits per heavy atom. The molecule has 0 radical (unpaired) electrons. The molecule has 0 bridgehead atoms. The molecule has 0 aliphatic heterocycles. The molecule has 0 aliphatic rings. The molecule has 1 aromatic carbocycles. The number of carbonyl (C=O) groups is 1. The van der Waals surface area contributed by atoms with Crippen molar-refractivity contribution in [2.45, 2.75) is 26.4 Å². The van der Waals surface area contributed by atoms with Gasteiger partial charge in [0.1, 0.15) is 0 Å². The fraction of sp³-hybridized carbons (Fsp3) is 0.200. The third-order valence-corrected chi connectivity index (χ3v) is 4.97. The predicted molar refractivity (Wildman–Crippen MR) is 104 cm³/mol. The summed E-state index contributed by atoms with van der Waals surface area (Å²) < 4.78 is 40.7. The van der Waals surface area contributed by atoms with E-state index >= 15 is 0 Å². The van der Waals surface area contributed by atoms with Crippen molar-refractivity contribution in [2.24, 2.45) is 5.10 Å². The van der Waals surface area contributed by atoms with Crippen molar-refractivity contribution in [3.8, 4) is 5.69 Å². The third kappa shape index (κ3) is 4.51. The molecule has 8 heteroatoms. The van der Waals surface area contributed by atoms with Gasteiger partial charge in [0.05, 0.1) is 18.2 Å². The van der Waals surface area contributed by atoms with E-state index in [0.29, 0.717) is 11.3 Å².